The normalized spacial score (nSPS) is 14.1. The fourth-order valence-corrected chi connectivity index (χ4v) is 2.99. The van der Waals surface area contributed by atoms with Crippen LogP contribution in [-0.2, 0) is 11.2 Å². The van der Waals surface area contributed by atoms with E-state index in [9.17, 15) is 13.6 Å². The predicted octanol–water partition coefficient (Wildman–Crippen LogP) is 4.61. The van der Waals surface area contributed by atoms with Crippen LogP contribution < -0.4 is 4.74 Å². The molecule has 0 unspecified atom stereocenters. The zero-order valence-electron chi connectivity index (χ0n) is 14.4. The number of carbonyl (C=O) groups is 1. The Hall–Kier alpha value is -2.50. The molecule has 1 aromatic heterocycles. The monoisotopic (exact) mass is 361 g/mol. The van der Waals surface area contributed by atoms with Gasteiger partial charge in [-0.25, -0.2) is 8.78 Å². The summed E-state index contributed by atoms with van der Waals surface area (Å²) in [6, 6.07) is 7.92. The first-order valence-electron chi connectivity index (χ1n) is 8.83. The topological polar surface area (TPSA) is 59.4 Å². The van der Waals surface area contributed by atoms with E-state index in [1.165, 1.54) is 31.4 Å². The molecule has 1 aromatic carbocycles. The van der Waals surface area contributed by atoms with Crippen molar-refractivity contribution in [3.05, 3.63) is 47.7 Å². The molecule has 1 saturated carbocycles. The number of carboxylic acid groups (broad SMARTS) is 1. The summed E-state index contributed by atoms with van der Waals surface area (Å²) in [5, 5.41) is 8.57. The minimum absolute atomic E-state index is 0.0609. The lowest BCUT2D eigenvalue weighted by molar-refractivity contribution is -0.137. The molecule has 1 aliphatic rings. The Balaban J connectivity index is 1.72. The van der Waals surface area contributed by atoms with Crippen LogP contribution in [0.15, 0.2) is 30.3 Å². The molecule has 2 aromatic rings. The van der Waals surface area contributed by atoms with Crippen LogP contribution in [0, 0.1) is 17.6 Å². The lowest BCUT2D eigenvalue weighted by Crippen LogP contribution is -2.14. The van der Waals surface area contributed by atoms with Crippen LogP contribution in [0.5, 0.6) is 5.75 Å². The van der Waals surface area contributed by atoms with E-state index in [0.717, 1.165) is 12.1 Å². The van der Waals surface area contributed by atoms with Gasteiger partial charge in [0, 0.05) is 17.7 Å². The van der Waals surface area contributed by atoms with Gasteiger partial charge in [0.05, 0.1) is 12.3 Å². The third-order valence-electron chi connectivity index (χ3n) is 4.60. The Morgan fingerprint density at radius 3 is 2.58 bits per heavy atom. The fourth-order valence-electron chi connectivity index (χ4n) is 2.99. The van der Waals surface area contributed by atoms with Crippen molar-refractivity contribution in [2.45, 2.75) is 38.5 Å². The SMILES string of the molecule is O=C(O)CCCOc1c(F)cc(-c2cccc(CC3CCC3)n2)cc1F. The van der Waals surface area contributed by atoms with Crippen molar-refractivity contribution in [2.75, 3.05) is 6.61 Å². The molecule has 4 nitrogen and oxygen atoms in total. The van der Waals surface area contributed by atoms with E-state index in [-0.39, 0.29) is 19.4 Å². The van der Waals surface area contributed by atoms with E-state index >= 15 is 0 Å². The summed E-state index contributed by atoms with van der Waals surface area (Å²) >= 11 is 0. The number of hydrogen-bond acceptors (Lipinski definition) is 3. The molecule has 0 saturated heterocycles. The van der Waals surface area contributed by atoms with Gasteiger partial charge >= 0.3 is 5.97 Å². The fraction of sp³-hybridized carbons (Fsp3) is 0.400. The number of carboxylic acids is 1. The highest BCUT2D eigenvalue weighted by Gasteiger charge is 2.19. The molecule has 138 valence electrons. The van der Waals surface area contributed by atoms with Crippen LogP contribution in [-0.4, -0.2) is 22.7 Å². The maximum absolute atomic E-state index is 14.2. The van der Waals surface area contributed by atoms with Crippen LogP contribution in [0.1, 0.15) is 37.8 Å². The number of benzene rings is 1. The molecular formula is C20H21F2NO3. The van der Waals surface area contributed by atoms with Gasteiger partial charge in [0.25, 0.3) is 0 Å². The number of halogens is 2. The van der Waals surface area contributed by atoms with E-state index in [1.54, 1.807) is 6.07 Å². The maximum Gasteiger partial charge on any atom is 0.303 e. The lowest BCUT2D eigenvalue weighted by atomic mass is 9.82. The van der Waals surface area contributed by atoms with Crippen molar-refractivity contribution < 1.29 is 23.4 Å². The van der Waals surface area contributed by atoms with Crippen molar-refractivity contribution in [3.63, 3.8) is 0 Å². The summed E-state index contributed by atoms with van der Waals surface area (Å²) in [7, 11) is 0. The largest absolute Gasteiger partial charge is 0.488 e. The van der Waals surface area contributed by atoms with Crippen LogP contribution in [0.4, 0.5) is 8.78 Å². The number of nitrogens with zero attached hydrogens (tertiary/aromatic N) is 1. The Kier molecular flexibility index (Phi) is 5.81. The number of ether oxygens (including phenoxy) is 1. The molecule has 0 aliphatic heterocycles. The van der Waals surface area contributed by atoms with Crippen LogP contribution in [0.3, 0.4) is 0 Å². The first-order valence-corrected chi connectivity index (χ1v) is 8.83. The van der Waals surface area contributed by atoms with Gasteiger partial charge in [-0.2, -0.15) is 0 Å². The second kappa shape index (κ2) is 8.25. The second-order valence-corrected chi connectivity index (χ2v) is 6.63. The van der Waals surface area contributed by atoms with Gasteiger partial charge < -0.3 is 9.84 Å². The molecule has 0 spiro atoms. The van der Waals surface area contributed by atoms with Gasteiger partial charge in [-0.05, 0) is 43.0 Å². The van der Waals surface area contributed by atoms with Gasteiger partial charge in [-0.15, -0.1) is 0 Å². The van der Waals surface area contributed by atoms with Crippen LogP contribution in [0.2, 0.25) is 0 Å². The molecule has 0 amide bonds. The highest BCUT2D eigenvalue weighted by atomic mass is 19.1. The highest BCUT2D eigenvalue weighted by molar-refractivity contribution is 5.66. The zero-order valence-corrected chi connectivity index (χ0v) is 14.4. The smallest absolute Gasteiger partial charge is 0.303 e. The lowest BCUT2D eigenvalue weighted by Gasteiger charge is -2.24. The van der Waals surface area contributed by atoms with Gasteiger partial charge in [0.15, 0.2) is 17.4 Å². The van der Waals surface area contributed by atoms with E-state index < -0.39 is 23.4 Å². The van der Waals surface area contributed by atoms with Gasteiger partial charge in [0.2, 0.25) is 0 Å². The van der Waals surface area contributed by atoms with E-state index in [1.807, 2.05) is 12.1 Å². The molecule has 0 atom stereocenters. The van der Waals surface area contributed by atoms with Crippen LogP contribution in [0.25, 0.3) is 11.3 Å². The molecule has 0 radical (unpaired) electrons. The average Bonchev–Trinajstić information content (AvgIpc) is 2.56. The van der Waals surface area contributed by atoms with Crippen molar-refractivity contribution in [2.24, 2.45) is 5.92 Å². The quantitative estimate of drug-likeness (QED) is 0.698. The molecule has 1 heterocycles. The van der Waals surface area contributed by atoms with E-state index in [0.29, 0.717) is 17.2 Å². The summed E-state index contributed by atoms with van der Waals surface area (Å²) in [5.74, 6) is -2.43. The number of rotatable bonds is 8. The molecule has 26 heavy (non-hydrogen) atoms. The molecule has 6 heteroatoms. The van der Waals surface area contributed by atoms with Gasteiger partial charge in [-0.3, -0.25) is 9.78 Å². The standard InChI is InChI=1S/C20H21F2NO3/c21-16-11-14(12-17(22)20(16)26-9-3-8-19(24)25)18-7-2-6-15(23-18)10-13-4-1-5-13/h2,6-7,11-13H,1,3-5,8-10H2,(H,24,25). The highest BCUT2D eigenvalue weighted by Crippen LogP contribution is 2.31. The summed E-state index contributed by atoms with van der Waals surface area (Å²) in [5.41, 5.74) is 1.81. The summed E-state index contributed by atoms with van der Waals surface area (Å²) in [6.07, 6.45) is 4.64. The van der Waals surface area contributed by atoms with Crippen molar-refractivity contribution in [3.8, 4) is 17.0 Å². The predicted molar refractivity (Wildman–Crippen MR) is 93.0 cm³/mol. The van der Waals surface area contributed by atoms with E-state index in [4.69, 9.17) is 9.84 Å². The third kappa shape index (κ3) is 4.56. The number of hydrogen-bond donors (Lipinski definition) is 1. The second-order valence-electron chi connectivity index (χ2n) is 6.63. The molecule has 3 rings (SSSR count). The average molecular weight is 361 g/mol. The van der Waals surface area contributed by atoms with Crippen molar-refractivity contribution in [1.29, 1.82) is 0 Å². The minimum atomic E-state index is -0.974. The first kappa shape index (κ1) is 18.3. The Bertz CT molecular complexity index is 767. The minimum Gasteiger partial charge on any atom is -0.488 e. The summed E-state index contributed by atoms with van der Waals surface area (Å²) < 4.78 is 33.6. The number of aromatic nitrogens is 1. The molecule has 0 bridgehead atoms. The molecule has 1 aliphatic carbocycles. The first-order chi connectivity index (χ1) is 12.5. The summed E-state index contributed by atoms with van der Waals surface area (Å²) in [4.78, 5) is 15.0. The van der Waals surface area contributed by atoms with E-state index in [2.05, 4.69) is 4.98 Å². The molecular weight excluding hydrogens is 340 g/mol. The molecule has 1 N–H and O–H groups in total. The van der Waals surface area contributed by atoms with Gasteiger partial charge in [-0.1, -0.05) is 25.3 Å². The Morgan fingerprint density at radius 2 is 1.96 bits per heavy atom. The Labute approximate surface area is 150 Å². The molecule has 1 fully saturated rings. The van der Waals surface area contributed by atoms with Gasteiger partial charge in [0.1, 0.15) is 0 Å². The third-order valence-corrected chi connectivity index (χ3v) is 4.60. The summed E-state index contributed by atoms with van der Waals surface area (Å²) in [6.45, 7) is -0.0609. The van der Waals surface area contributed by atoms with Crippen molar-refractivity contribution in [1.82, 2.24) is 4.98 Å². The number of pyridine rings is 1. The Morgan fingerprint density at radius 1 is 1.23 bits per heavy atom. The maximum atomic E-state index is 14.2. The van der Waals surface area contributed by atoms with Crippen molar-refractivity contribution >= 4 is 5.97 Å². The number of aliphatic carboxylic acids is 1. The van der Waals surface area contributed by atoms with Crippen LogP contribution >= 0.6 is 0 Å². The zero-order chi connectivity index (χ0) is 18.5.